The molecule has 0 unspecified atom stereocenters. The molecule has 0 fully saturated rings. The maximum absolute atomic E-state index is 11.9. The molecule has 0 bridgehead atoms. The number of nitrogens with zero attached hydrogens (tertiary/aromatic N) is 2. The quantitative estimate of drug-likeness (QED) is 0.659. The Labute approximate surface area is 144 Å². The van der Waals surface area contributed by atoms with Gasteiger partial charge in [-0.15, -0.1) is 11.3 Å². The summed E-state index contributed by atoms with van der Waals surface area (Å²) in [5.74, 6) is 0.537. The molecule has 0 aliphatic heterocycles. The average Bonchev–Trinajstić information content (AvgIpc) is 3.02. The van der Waals surface area contributed by atoms with Crippen LogP contribution in [0.2, 0.25) is 0 Å². The summed E-state index contributed by atoms with van der Waals surface area (Å²) >= 11 is 1.73. The molecule has 2 aromatic heterocycles. The molecule has 124 valence electrons. The Kier molecular flexibility index (Phi) is 5.38. The van der Waals surface area contributed by atoms with Crippen LogP contribution in [-0.2, 0) is 11.2 Å². The van der Waals surface area contributed by atoms with E-state index in [1.807, 2.05) is 18.2 Å². The maximum Gasteiger partial charge on any atom is 0.224 e. The number of thiazole rings is 1. The number of ether oxygens (including phenoxy) is 1. The first-order chi connectivity index (χ1) is 11.7. The number of pyridine rings is 1. The van der Waals surface area contributed by atoms with Crippen LogP contribution in [0.4, 0.5) is 5.69 Å². The van der Waals surface area contributed by atoms with E-state index >= 15 is 0 Å². The largest absolute Gasteiger partial charge is 0.481 e. The van der Waals surface area contributed by atoms with Gasteiger partial charge in [0.15, 0.2) is 0 Å². The molecule has 0 aliphatic carbocycles. The van der Waals surface area contributed by atoms with E-state index in [1.54, 1.807) is 36.8 Å². The standard InChI is InChI=1S/C18H19N3O2S/c1-23-17-11-10-13(12-19-17)20-16(22)8-4-5-9-18-21-14-6-2-3-7-15(14)24-18/h2-3,6-7,10-12H,4-5,8-9H2,1H3,(H,20,22). The van der Waals surface area contributed by atoms with E-state index in [0.29, 0.717) is 18.0 Å². The monoisotopic (exact) mass is 341 g/mol. The van der Waals surface area contributed by atoms with Crippen LogP contribution in [-0.4, -0.2) is 23.0 Å². The van der Waals surface area contributed by atoms with Gasteiger partial charge in [-0.05, 0) is 37.5 Å². The Morgan fingerprint density at radius 2 is 2.08 bits per heavy atom. The number of carbonyl (C=O) groups is 1. The molecular formula is C18H19N3O2S. The first-order valence-electron chi connectivity index (χ1n) is 7.89. The van der Waals surface area contributed by atoms with E-state index in [4.69, 9.17) is 4.74 Å². The number of aromatic nitrogens is 2. The molecule has 24 heavy (non-hydrogen) atoms. The highest BCUT2D eigenvalue weighted by atomic mass is 32.1. The fourth-order valence-electron chi connectivity index (χ4n) is 2.39. The number of aryl methyl sites for hydroxylation is 1. The van der Waals surface area contributed by atoms with Gasteiger partial charge in [0.2, 0.25) is 11.8 Å². The highest BCUT2D eigenvalue weighted by molar-refractivity contribution is 7.18. The molecular weight excluding hydrogens is 322 g/mol. The second kappa shape index (κ2) is 7.88. The van der Waals surface area contributed by atoms with Crippen molar-refractivity contribution in [1.29, 1.82) is 0 Å². The van der Waals surface area contributed by atoms with Gasteiger partial charge >= 0.3 is 0 Å². The van der Waals surface area contributed by atoms with E-state index in [-0.39, 0.29) is 5.91 Å². The van der Waals surface area contributed by atoms with E-state index in [2.05, 4.69) is 21.4 Å². The van der Waals surface area contributed by atoms with Crippen molar-refractivity contribution in [3.8, 4) is 5.88 Å². The van der Waals surface area contributed by atoms with Crippen molar-refractivity contribution in [3.63, 3.8) is 0 Å². The predicted molar refractivity (Wildman–Crippen MR) is 96.6 cm³/mol. The van der Waals surface area contributed by atoms with Crippen molar-refractivity contribution in [2.75, 3.05) is 12.4 Å². The molecule has 0 saturated carbocycles. The molecule has 0 radical (unpaired) electrons. The molecule has 5 nitrogen and oxygen atoms in total. The van der Waals surface area contributed by atoms with Crippen LogP contribution in [0.15, 0.2) is 42.6 Å². The summed E-state index contributed by atoms with van der Waals surface area (Å²) in [5.41, 5.74) is 1.74. The zero-order valence-electron chi connectivity index (χ0n) is 13.5. The highest BCUT2D eigenvalue weighted by Crippen LogP contribution is 2.23. The fourth-order valence-corrected chi connectivity index (χ4v) is 3.40. The number of para-hydroxylation sites is 1. The number of unbranched alkanes of at least 4 members (excludes halogenated alkanes) is 1. The molecule has 3 rings (SSSR count). The highest BCUT2D eigenvalue weighted by Gasteiger charge is 2.06. The summed E-state index contributed by atoms with van der Waals surface area (Å²) in [6, 6.07) is 11.7. The molecule has 2 heterocycles. The Bertz CT molecular complexity index is 782. The zero-order valence-corrected chi connectivity index (χ0v) is 14.3. The van der Waals surface area contributed by atoms with Gasteiger partial charge in [0, 0.05) is 12.5 Å². The van der Waals surface area contributed by atoms with Crippen LogP contribution in [0.3, 0.4) is 0 Å². The minimum atomic E-state index is 0.00580. The van der Waals surface area contributed by atoms with Gasteiger partial charge in [-0.25, -0.2) is 9.97 Å². The minimum Gasteiger partial charge on any atom is -0.481 e. The lowest BCUT2D eigenvalue weighted by molar-refractivity contribution is -0.116. The summed E-state index contributed by atoms with van der Waals surface area (Å²) < 4.78 is 6.21. The van der Waals surface area contributed by atoms with Crippen LogP contribution in [0.1, 0.15) is 24.3 Å². The Morgan fingerprint density at radius 3 is 2.83 bits per heavy atom. The van der Waals surface area contributed by atoms with Crippen LogP contribution in [0.5, 0.6) is 5.88 Å². The van der Waals surface area contributed by atoms with E-state index in [0.717, 1.165) is 29.8 Å². The van der Waals surface area contributed by atoms with Crippen LogP contribution < -0.4 is 10.1 Å². The molecule has 0 saturated heterocycles. The molecule has 3 aromatic rings. The summed E-state index contributed by atoms with van der Waals surface area (Å²) in [4.78, 5) is 20.6. The number of fused-ring (bicyclic) bond motifs is 1. The lowest BCUT2D eigenvalue weighted by atomic mass is 10.2. The van der Waals surface area contributed by atoms with Crippen LogP contribution in [0.25, 0.3) is 10.2 Å². The van der Waals surface area contributed by atoms with E-state index in [1.165, 1.54) is 4.70 Å². The normalized spacial score (nSPS) is 10.7. The Hall–Kier alpha value is -2.47. The SMILES string of the molecule is COc1ccc(NC(=O)CCCCc2nc3ccccc3s2)cn1. The summed E-state index contributed by atoms with van der Waals surface area (Å²) in [6.45, 7) is 0. The topological polar surface area (TPSA) is 64.1 Å². The van der Waals surface area contributed by atoms with Crippen molar-refractivity contribution < 1.29 is 9.53 Å². The van der Waals surface area contributed by atoms with Crippen molar-refractivity contribution in [2.24, 2.45) is 0 Å². The number of methoxy groups -OCH3 is 1. The van der Waals surface area contributed by atoms with E-state index < -0.39 is 0 Å². The lowest BCUT2D eigenvalue weighted by Crippen LogP contribution is -2.11. The first kappa shape index (κ1) is 16.4. The second-order valence-electron chi connectivity index (χ2n) is 5.42. The second-order valence-corrected chi connectivity index (χ2v) is 6.54. The first-order valence-corrected chi connectivity index (χ1v) is 8.70. The van der Waals surface area contributed by atoms with Crippen molar-refractivity contribution in [3.05, 3.63) is 47.6 Å². The number of benzene rings is 1. The van der Waals surface area contributed by atoms with Gasteiger partial charge in [0.25, 0.3) is 0 Å². The molecule has 0 aliphatic rings. The summed E-state index contributed by atoms with van der Waals surface area (Å²) in [6.07, 6.45) is 4.80. The van der Waals surface area contributed by atoms with Crippen molar-refractivity contribution >= 4 is 33.1 Å². The number of amides is 1. The third-order valence-corrected chi connectivity index (χ3v) is 4.71. The number of hydrogen-bond donors (Lipinski definition) is 1. The van der Waals surface area contributed by atoms with Gasteiger partial charge < -0.3 is 10.1 Å². The number of anilines is 1. The lowest BCUT2D eigenvalue weighted by Gasteiger charge is -2.05. The Morgan fingerprint density at radius 1 is 1.21 bits per heavy atom. The van der Waals surface area contributed by atoms with Crippen molar-refractivity contribution in [2.45, 2.75) is 25.7 Å². The number of carbonyl (C=O) groups excluding carboxylic acids is 1. The molecule has 1 N–H and O–H groups in total. The molecule has 1 amide bonds. The van der Waals surface area contributed by atoms with Gasteiger partial charge in [-0.3, -0.25) is 4.79 Å². The molecule has 6 heteroatoms. The van der Waals surface area contributed by atoms with Gasteiger partial charge in [-0.1, -0.05) is 12.1 Å². The third-order valence-electron chi connectivity index (χ3n) is 3.61. The zero-order chi connectivity index (χ0) is 16.8. The van der Waals surface area contributed by atoms with Crippen LogP contribution in [0, 0.1) is 0 Å². The summed E-state index contributed by atoms with van der Waals surface area (Å²) in [5, 5.41) is 3.98. The van der Waals surface area contributed by atoms with Gasteiger partial charge in [0.05, 0.1) is 34.2 Å². The summed E-state index contributed by atoms with van der Waals surface area (Å²) in [7, 11) is 1.56. The van der Waals surface area contributed by atoms with Gasteiger partial charge in [0.1, 0.15) is 0 Å². The smallest absolute Gasteiger partial charge is 0.224 e. The Balaban J connectivity index is 1.41. The molecule has 1 aromatic carbocycles. The third kappa shape index (κ3) is 4.29. The number of hydrogen-bond acceptors (Lipinski definition) is 5. The number of nitrogens with one attached hydrogen (secondary N) is 1. The minimum absolute atomic E-state index is 0.00580. The van der Waals surface area contributed by atoms with Gasteiger partial charge in [-0.2, -0.15) is 0 Å². The molecule has 0 atom stereocenters. The van der Waals surface area contributed by atoms with Crippen LogP contribution >= 0.6 is 11.3 Å². The maximum atomic E-state index is 11.9. The molecule has 0 spiro atoms. The average molecular weight is 341 g/mol. The number of rotatable bonds is 7. The fraction of sp³-hybridized carbons (Fsp3) is 0.278. The van der Waals surface area contributed by atoms with Crippen molar-refractivity contribution in [1.82, 2.24) is 9.97 Å². The predicted octanol–water partition coefficient (Wildman–Crippen LogP) is 4.05. The van der Waals surface area contributed by atoms with E-state index in [9.17, 15) is 4.79 Å².